The van der Waals surface area contributed by atoms with E-state index in [-0.39, 0.29) is 35.4 Å². The third kappa shape index (κ3) is 4.80. The summed E-state index contributed by atoms with van der Waals surface area (Å²) in [6.07, 6.45) is -2.12. The van der Waals surface area contributed by atoms with E-state index in [9.17, 15) is 23.1 Å². The van der Waals surface area contributed by atoms with Crippen LogP contribution in [0.1, 0.15) is 44.9 Å². The van der Waals surface area contributed by atoms with Gasteiger partial charge in [-0.15, -0.1) is 10.2 Å². The van der Waals surface area contributed by atoms with Crippen molar-refractivity contribution in [3.8, 4) is 0 Å². The van der Waals surface area contributed by atoms with E-state index in [1.165, 1.54) is 4.90 Å². The molecule has 1 aromatic heterocycles. The minimum atomic E-state index is -4.61. The average Bonchev–Trinajstić information content (AvgIpc) is 3.45. The SMILES string of the molecule is CN1CC[C@@H](O)[C@H](Cc2cc3c(c(C(F)(F)F)c2)CN(c2cccc(C4(Cc5nncn5C)COC4)c2)C3=O)C1. The van der Waals surface area contributed by atoms with Crippen LogP contribution in [0.3, 0.4) is 0 Å². The van der Waals surface area contributed by atoms with Crippen LogP contribution in [-0.4, -0.2) is 70.1 Å². The second-order valence-electron chi connectivity index (χ2n) is 11.5. The summed E-state index contributed by atoms with van der Waals surface area (Å²) in [6.45, 7) is 2.12. The fourth-order valence-electron chi connectivity index (χ4n) is 6.25. The van der Waals surface area contributed by atoms with E-state index in [4.69, 9.17) is 4.74 Å². The number of ether oxygens (including phenoxy) is 1. The van der Waals surface area contributed by atoms with E-state index in [1.807, 2.05) is 36.9 Å². The number of benzene rings is 2. The zero-order valence-corrected chi connectivity index (χ0v) is 22.5. The van der Waals surface area contributed by atoms with Crippen LogP contribution >= 0.6 is 0 Å². The molecule has 0 bridgehead atoms. The number of aromatic nitrogens is 3. The number of carbonyl (C=O) groups excluding carboxylic acids is 1. The zero-order valence-electron chi connectivity index (χ0n) is 22.5. The van der Waals surface area contributed by atoms with E-state index < -0.39 is 23.8 Å². The van der Waals surface area contributed by atoms with Crippen molar-refractivity contribution in [3.63, 3.8) is 0 Å². The predicted octanol–water partition coefficient (Wildman–Crippen LogP) is 3.36. The third-order valence-corrected chi connectivity index (χ3v) is 8.63. The summed E-state index contributed by atoms with van der Waals surface area (Å²) >= 11 is 0. The van der Waals surface area contributed by atoms with Crippen LogP contribution in [0.4, 0.5) is 18.9 Å². The van der Waals surface area contributed by atoms with Crippen molar-refractivity contribution in [2.75, 3.05) is 38.3 Å². The molecule has 8 nitrogen and oxygen atoms in total. The summed E-state index contributed by atoms with van der Waals surface area (Å²) in [5, 5.41) is 18.7. The Morgan fingerprint density at radius 3 is 2.65 bits per heavy atom. The third-order valence-electron chi connectivity index (χ3n) is 8.63. The normalized spacial score (nSPS) is 22.9. The molecule has 3 aromatic rings. The minimum absolute atomic E-state index is 0.00580. The zero-order chi connectivity index (χ0) is 28.2. The van der Waals surface area contributed by atoms with Crippen LogP contribution < -0.4 is 4.90 Å². The summed E-state index contributed by atoms with van der Waals surface area (Å²) in [4.78, 5) is 17.1. The highest BCUT2D eigenvalue weighted by atomic mass is 19.4. The van der Waals surface area contributed by atoms with Crippen molar-refractivity contribution in [2.24, 2.45) is 13.0 Å². The largest absolute Gasteiger partial charge is 0.416 e. The van der Waals surface area contributed by atoms with E-state index in [0.29, 0.717) is 43.9 Å². The van der Waals surface area contributed by atoms with E-state index >= 15 is 0 Å². The molecule has 3 aliphatic heterocycles. The second-order valence-corrected chi connectivity index (χ2v) is 11.5. The van der Waals surface area contributed by atoms with Crippen molar-refractivity contribution in [1.82, 2.24) is 19.7 Å². The Labute approximate surface area is 230 Å². The molecule has 2 aromatic carbocycles. The first-order chi connectivity index (χ1) is 19.0. The Balaban J connectivity index is 1.31. The van der Waals surface area contributed by atoms with Gasteiger partial charge < -0.3 is 24.2 Å². The molecule has 212 valence electrons. The van der Waals surface area contributed by atoms with Crippen LogP contribution in [0.25, 0.3) is 0 Å². The topological polar surface area (TPSA) is 83.7 Å². The van der Waals surface area contributed by atoms with Gasteiger partial charge in [-0.25, -0.2) is 0 Å². The number of aliphatic hydroxyl groups is 1. The molecule has 0 radical (unpaired) electrons. The fraction of sp³-hybridized carbons (Fsp3) is 0.483. The summed E-state index contributed by atoms with van der Waals surface area (Å²) in [5.74, 6) is 0.153. The molecule has 4 heterocycles. The maximum Gasteiger partial charge on any atom is 0.416 e. The van der Waals surface area contributed by atoms with Crippen LogP contribution in [-0.2, 0) is 42.8 Å². The van der Waals surface area contributed by atoms with Crippen LogP contribution in [0.2, 0.25) is 0 Å². The molecule has 6 rings (SSSR count). The standard InChI is InChI=1S/C29H32F3N5O3/c1-35-7-6-25(38)19(13-35)8-18-9-22-23(24(10-18)29(30,31)32)14-37(27(22)39)21-5-3-4-20(11-21)28(15-40-16-28)12-26-34-33-17-36(26)2/h3-5,9-11,17,19,25,38H,6-8,12-16H2,1-2H3/t19-,25-/m1/s1. The first-order valence-electron chi connectivity index (χ1n) is 13.5. The van der Waals surface area contributed by atoms with E-state index in [1.54, 1.807) is 18.5 Å². The Bertz CT molecular complexity index is 1430. The summed E-state index contributed by atoms with van der Waals surface area (Å²) in [7, 11) is 3.81. The average molecular weight is 556 g/mol. The van der Waals surface area contributed by atoms with Crippen LogP contribution in [0.5, 0.6) is 0 Å². The van der Waals surface area contributed by atoms with Gasteiger partial charge in [-0.1, -0.05) is 12.1 Å². The van der Waals surface area contributed by atoms with Gasteiger partial charge in [0.1, 0.15) is 12.2 Å². The molecule has 40 heavy (non-hydrogen) atoms. The summed E-state index contributed by atoms with van der Waals surface area (Å²) < 4.78 is 50.2. The number of alkyl halides is 3. The Morgan fingerprint density at radius 1 is 1.18 bits per heavy atom. The molecular formula is C29H32F3N5O3. The number of aliphatic hydroxyl groups excluding tert-OH is 1. The molecule has 0 unspecified atom stereocenters. The van der Waals surface area contributed by atoms with Crippen molar-refractivity contribution in [2.45, 2.75) is 43.5 Å². The van der Waals surface area contributed by atoms with Crippen molar-refractivity contribution in [1.29, 1.82) is 0 Å². The number of rotatable bonds is 6. The molecule has 0 spiro atoms. The van der Waals surface area contributed by atoms with Crippen molar-refractivity contribution < 1.29 is 27.8 Å². The number of nitrogens with zero attached hydrogens (tertiary/aromatic N) is 5. The van der Waals surface area contributed by atoms with Gasteiger partial charge in [0.2, 0.25) is 0 Å². The van der Waals surface area contributed by atoms with Gasteiger partial charge in [0.25, 0.3) is 5.91 Å². The quantitative estimate of drug-likeness (QED) is 0.503. The number of carbonyl (C=O) groups is 1. The highest BCUT2D eigenvalue weighted by molar-refractivity contribution is 6.10. The molecule has 1 amide bonds. The van der Waals surface area contributed by atoms with Crippen LogP contribution in [0.15, 0.2) is 42.7 Å². The van der Waals surface area contributed by atoms with E-state index in [2.05, 4.69) is 15.1 Å². The number of hydrogen-bond donors (Lipinski definition) is 1. The lowest BCUT2D eigenvalue weighted by molar-refractivity contribution is -0.138. The first-order valence-corrected chi connectivity index (χ1v) is 13.5. The lowest BCUT2D eigenvalue weighted by Crippen LogP contribution is -2.49. The molecule has 3 aliphatic rings. The maximum atomic E-state index is 14.3. The van der Waals surface area contributed by atoms with Gasteiger partial charge in [-0.3, -0.25) is 4.79 Å². The van der Waals surface area contributed by atoms with Gasteiger partial charge in [0, 0.05) is 49.1 Å². The van der Waals surface area contributed by atoms with Crippen LogP contribution in [0, 0.1) is 5.92 Å². The molecule has 2 fully saturated rings. The lowest BCUT2D eigenvalue weighted by Gasteiger charge is -2.42. The van der Waals surface area contributed by atoms with Gasteiger partial charge >= 0.3 is 6.18 Å². The smallest absolute Gasteiger partial charge is 0.393 e. The lowest BCUT2D eigenvalue weighted by atomic mass is 9.75. The van der Waals surface area contributed by atoms with Gasteiger partial charge in [-0.05, 0) is 60.8 Å². The van der Waals surface area contributed by atoms with Gasteiger partial charge in [-0.2, -0.15) is 13.2 Å². The van der Waals surface area contributed by atoms with Crippen molar-refractivity contribution in [3.05, 3.63) is 76.4 Å². The first kappa shape index (κ1) is 26.9. The number of halogens is 3. The molecule has 1 N–H and O–H groups in total. The number of hydrogen-bond acceptors (Lipinski definition) is 6. The number of likely N-dealkylation sites (tertiary alicyclic amines) is 1. The molecule has 2 saturated heterocycles. The number of anilines is 1. The minimum Gasteiger partial charge on any atom is -0.393 e. The molecule has 2 atom stereocenters. The monoisotopic (exact) mass is 555 g/mol. The molecule has 11 heteroatoms. The molecular weight excluding hydrogens is 523 g/mol. The van der Waals surface area contributed by atoms with Gasteiger partial charge in [0.05, 0.1) is 31.4 Å². The summed E-state index contributed by atoms with van der Waals surface area (Å²) in [6, 6.07) is 10.2. The number of fused-ring (bicyclic) bond motifs is 1. The number of amides is 1. The second kappa shape index (κ2) is 9.97. The van der Waals surface area contributed by atoms with E-state index in [0.717, 1.165) is 24.0 Å². The Hall–Kier alpha value is -3.28. The fourth-order valence-corrected chi connectivity index (χ4v) is 6.25. The maximum absolute atomic E-state index is 14.3. The number of piperidine rings is 1. The van der Waals surface area contributed by atoms with Gasteiger partial charge in [0.15, 0.2) is 0 Å². The molecule has 0 saturated carbocycles. The molecule has 0 aliphatic carbocycles. The highest BCUT2D eigenvalue weighted by Gasteiger charge is 2.44. The Morgan fingerprint density at radius 2 is 1.98 bits per heavy atom. The van der Waals surface area contributed by atoms with Crippen molar-refractivity contribution >= 4 is 11.6 Å². The number of aryl methyl sites for hydroxylation is 1. The summed E-state index contributed by atoms with van der Waals surface area (Å²) in [5.41, 5.74) is 0.839. The highest BCUT2D eigenvalue weighted by Crippen LogP contribution is 2.42. The Kier molecular flexibility index (Phi) is 6.71. The predicted molar refractivity (Wildman–Crippen MR) is 141 cm³/mol.